The standard InChI is InChI=1S/C12H11NO6/c1-19-12(16)5-3-8-2-4-9(7-11(14)15)10(6-8)13(17)18/h2-6H,7H2,1H3,(H,14,15). The van der Waals surface area contributed by atoms with Crippen LogP contribution in [0.4, 0.5) is 5.69 Å². The minimum atomic E-state index is -1.15. The van der Waals surface area contributed by atoms with Crippen molar-refractivity contribution in [3.63, 3.8) is 0 Å². The minimum Gasteiger partial charge on any atom is -0.481 e. The second-order valence-corrected chi connectivity index (χ2v) is 3.57. The summed E-state index contributed by atoms with van der Waals surface area (Å²) >= 11 is 0. The van der Waals surface area contributed by atoms with E-state index in [1.165, 1.54) is 31.4 Å². The summed E-state index contributed by atoms with van der Waals surface area (Å²) in [6.45, 7) is 0. The van der Waals surface area contributed by atoms with Crippen molar-refractivity contribution >= 4 is 23.7 Å². The molecular weight excluding hydrogens is 254 g/mol. The molecule has 7 heteroatoms. The molecule has 0 saturated carbocycles. The van der Waals surface area contributed by atoms with E-state index >= 15 is 0 Å². The lowest BCUT2D eigenvalue weighted by molar-refractivity contribution is -0.385. The van der Waals surface area contributed by atoms with Crippen LogP contribution in [0.25, 0.3) is 6.08 Å². The predicted octanol–water partition coefficient (Wildman–Crippen LogP) is 1.41. The van der Waals surface area contributed by atoms with Crippen molar-refractivity contribution in [2.75, 3.05) is 7.11 Å². The lowest BCUT2D eigenvalue weighted by Gasteiger charge is -2.01. The number of hydrogen-bond acceptors (Lipinski definition) is 5. The van der Waals surface area contributed by atoms with Crippen molar-refractivity contribution < 1.29 is 24.4 Å². The fourth-order valence-corrected chi connectivity index (χ4v) is 1.40. The topological polar surface area (TPSA) is 107 Å². The molecule has 1 rings (SSSR count). The normalized spacial score (nSPS) is 10.4. The van der Waals surface area contributed by atoms with Crippen LogP contribution in [0, 0.1) is 10.1 Å². The molecule has 0 fully saturated rings. The average molecular weight is 265 g/mol. The lowest BCUT2D eigenvalue weighted by Crippen LogP contribution is -2.04. The van der Waals surface area contributed by atoms with E-state index < -0.39 is 23.3 Å². The van der Waals surface area contributed by atoms with E-state index in [-0.39, 0.29) is 11.3 Å². The van der Waals surface area contributed by atoms with E-state index in [9.17, 15) is 19.7 Å². The second kappa shape index (κ2) is 6.29. The maximum absolute atomic E-state index is 10.9. The van der Waals surface area contributed by atoms with Crippen LogP contribution in [0.3, 0.4) is 0 Å². The molecule has 0 heterocycles. The van der Waals surface area contributed by atoms with E-state index in [0.29, 0.717) is 5.56 Å². The van der Waals surface area contributed by atoms with E-state index in [1.54, 1.807) is 0 Å². The van der Waals surface area contributed by atoms with Gasteiger partial charge in [-0.3, -0.25) is 14.9 Å². The molecule has 0 radical (unpaired) electrons. The highest BCUT2D eigenvalue weighted by molar-refractivity contribution is 5.87. The minimum absolute atomic E-state index is 0.104. The van der Waals surface area contributed by atoms with Gasteiger partial charge in [-0.1, -0.05) is 12.1 Å². The van der Waals surface area contributed by atoms with Gasteiger partial charge in [0.25, 0.3) is 5.69 Å². The SMILES string of the molecule is COC(=O)C=Cc1ccc(CC(=O)O)c([N+](=O)[O-])c1. The zero-order valence-corrected chi connectivity index (χ0v) is 10.0. The van der Waals surface area contributed by atoms with Gasteiger partial charge in [-0.05, 0) is 11.6 Å². The van der Waals surface area contributed by atoms with E-state index in [1.807, 2.05) is 0 Å². The van der Waals surface area contributed by atoms with E-state index in [2.05, 4.69) is 4.74 Å². The Hall–Kier alpha value is -2.70. The van der Waals surface area contributed by atoms with Crippen molar-refractivity contribution in [2.45, 2.75) is 6.42 Å². The predicted molar refractivity (Wildman–Crippen MR) is 65.5 cm³/mol. The summed E-state index contributed by atoms with van der Waals surface area (Å²) in [5.74, 6) is -1.74. The van der Waals surface area contributed by atoms with E-state index in [0.717, 1.165) is 6.08 Å². The summed E-state index contributed by atoms with van der Waals surface area (Å²) in [5, 5.41) is 19.5. The largest absolute Gasteiger partial charge is 0.481 e. The van der Waals surface area contributed by atoms with Crippen LogP contribution >= 0.6 is 0 Å². The molecule has 0 atom stereocenters. The first kappa shape index (κ1) is 14.4. The Morgan fingerprint density at radius 3 is 2.68 bits per heavy atom. The van der Waals surface area contributed by atoms with Gasteiger partial charge in [0, 0.05) is 17.7 Å². The third-order valence-corrected chi connectivity index (χ3v) is 2.26. The van der Waals surface area contributed by atoms with Gasteiger partial charge >= 0.3 is 11.9 Å². The number of carbonyl (C=O) groups excluding carboxylic acids is 1. The number of carboxylic acid groups (broad SMARTS) is 1. The zero-order valence-electron chi connectivity index (χ0n) is 10.0. The smallest absolute Gasteiger partial charge is 0.330 e. The van der Waals surface area contributed by atoms with Crippen LogP contribution in [0.1, 0.15) is 11.1 Å². The van der Waals surface area contributed by atoms with Crippen molar-refractivity contribution in [2.24, 2.45) is 0 Å². The molecular formula is C12H11NO6. The average Bonchev–Trinajstić information content (AvgIpc) is 2.36. The molecule has 0 spiro atoms. The number of nitro benzene ring substituents is 1. The molecule has 1 aromatic carbocycles. The summed E-state index contributed by atoms with van der Waals surface area (Å²) in [6, 6.07) is 4.05. The van der Waals surface area contributed by atoms with Gasteiger partial charge in [-0.15, -0.1) is 0 Å². The number of methoxy groups -OCH3 is 1. The summed E-state index contributed by atoms with van der Waals surface area (Å²) in [6.07, 6.45) is 2.04. The van der Waals surface area contributed by atoms with Gasteiger partial charge in [-0.25, -0.2) is 4.79 Å². The van der Waals surface area contributed by atoms with Gasteiger partial charge in [0.2, 0.25) is 0 Å². The molecule has 0 aliphatic carbocycles. The Balaban J connectivity index is 3.09. The monoisotopic (exact) mass is 265 g/mol. The quantitative estimate of drug-likeness (QED) is 0.373. The molecule has 0 aliphatic rings. The number of esters is 1. The third-order valence-electron chi connectivity index (χ3n) is 2.26. The molecule has 1 N–H and O–H groups in total. The van der Waals surface area contributed by atoms with Crippen LogP contribution in [0.15, 0.2) is 24.3 Å². The van der Waals surface area contributed by atoms with Gasteiger partial charge in [0.05, 0.1) is 18.5 Å². The molecule has 0 aliphatic heterocycles. The van der Waals surface area contributed by atoms with Gasteiger partial charge in [-0.2, -0.15) is 0 Å². The summed E-state index contributed by atoms with van der Waals surface area (Å²) in [4.78, 5) is 31.7. The highest BCUT2D eigenvalue weighted by Gasteiger charge is 2.16. The van der Waals surface area contributed by atoms with E-state index in [4.69, 9.17) is 5.11 Å². The Morgan fingerprint density at radius 2 is 2.16 bits per heavy atom. The zero-order chi connectivity index (χ0) is 14.4. The molecule has 0 saturated heterocycles. The Labute approximate surface area is 108 Å². The summed E-state index contributed by atoms with van der Waals surface area (Å²) in [7, 11) is 1.21. The maximum Gasteiger partial charge on any atom is 0.330 e. The number of carboxylic acids is 1. The van der Waals surface area contributed by atoms with Gasteiger partial charge < -0.3 is 9.84 Å². The fraction of sp³-hybridized carbons (Fsp3) is 0.167. The van der Waals surface area contributed by atoms with Crippen LogP contribution in [-0.2, 0) is 20.7 Å². The van der Waals surface area contributed by atoms with Crippen LogP contribution < -0.4 is 0 Å². The van der Waals surface area contributed by atoms with Gasteiger partial charge in [0.15, 0.2) is 0 Å². The highest BCUT2D eigenvalue weighted by Crippen LogP contribution is 2.21. The Kier molecular flexibility index (Phi) is 4.76. The molecule has 7 nitrogen and oxygen atoms in total. The number of benzene rings is 1. The molecule has 19 heavy (non-hydrogen) atoms. The first-order chi connectivity index (χ1) is 8.93. The second-order valence-electron chi connectivity index (χ2n) is 3.57. The molecule has 0 bridgehead atoms. The number of hydrogen-bond donors (Lipinski definition) is 1. The van der Waals surface area contributed by atoms with Crippen molar-refractivity contribution in [1.29, 1.82) is 0 Å². The molecule has 0 amide bonds. The van der Waals surface area contributed by atoms with Crippen molar-refractivity contribution in [1.82, 2.24) is 0 Å². The fourth-order valence-electron chi connectivity index (χ4n) is 1.40. The molecule has 0 unspecified atom stereocenters. The number of aliphatic carboxylic acids is 1. The van der Waals surface area contributed by atoms with Crippen LogP contribution in [-0.4, -0.2) is 29.1 Å². The first-order valence-electron chi connectivity index (χ1n) is 5.19. The van der Waals surface area contributed by atoms with Crippen molar-refractivity contribution in [3.05, 3.63) is 45.5 Å². The number of rotatable bonds is 5. The van der Waals surface area contributed by atoms with Crippen LogP contribution in [0.2, 0.25) is 0 Å². The number of nitrogens with zero attached hydrogens (tertiary/aromatic N) is 1. The number of nitro groups is 1. The highest BCUT2D eigenvalue weighted by atomic mass is 16.6. The summed E-state index contributed by atoms with van der Waals surface area (Å²) in [5.41, 5.74) is 0.216. The number of ether oxygens (including phenoxy) is 1. The summed E-state index contributed by atoms with van der Waals surface area (Å²) < 4.78 is 4.39. The van der Waals surface area contributed by atoms with Crippen molar-refractivity contribution in [3.8, 4) is 0 Å². The molecule has 1 aromatic rings. The lowest BCUT2D eigenvalue weighted by atomic mass is 10.1. The third kappa shape index (κ3) is 4.23. The molecule has 100 valence electrons. The Morgan fingerprint density at radius 1 is 1.47 bits per heavy atom. The maximum atomic E-state index is 10.9. The Bertz CT molecular complexity index is 549. The van der Waals surface area contributed by atoms with Crippen LogP contribution in [0.5, 0.6) is 0 Å². The van der Waals surface area contributed by atoms with Gasteiger partial charge in [0.1, 0.15) is 0 Å². The molecule has 0 aromatic heterocycles. The number of carbonyl (C=O) groups is 2. The first-order valence-corrected chi connectivity index (χ1v) is 5.19.